The number of nitrogens with one attached hydrogen (secondary N) is 1. The summed E-state index contributed by atoms with van der Waals surface area (Å²) in [6.45, 7) is 6.99. The van der Waals surface area contributed by atoms with E-state index in [-0.39, 0.29) is 17.9 Å². The zero-order valence-electron chi connectivity index (χ0n) is 10.1. The van der Waals surface area contributed by atoms with Gasteiger partial charge < -0.3 is 10.1 Å². The van der Waals surface area contributed by atoms with Crippen LogP contribution in [-0.4, -0.2) is 31.7 Å². The van der Waals surface area contributed by atoms with E-state index in [1.54, 1.807) is 6.92 Å². The van der Waals surface area contributed by atoms with Crippen LogP contribution < -0.4 is 5.32 Å². The van der Waals surface area contributed by atoms with Gasteiger partial charge in [0.25, 0.3) is 0 Å². The number of rotatable bonds is 8. The zero-order valence-corrected chi connectivity index (χ0v) is 10.1. The summed E-state index contributed by atoms with van der Waals surface area (Å²) < 4.78 is 4.98. The number of nitrogens with zero attached hydrogens (tertiary/aromatic N) is 3. The maximum absolute atomic E-state index is 11.6. The summed E-state index contributed by atoms with van der Waals surface area (Å²) in [5.74, 6) is -0.0390. The monoisotopic (exact) mass is 228 g/mol. The van der Waals surface area contributed by atoms with Crippen molar-refractivity contribution in [1.29, 1.82) is 0 Å². The molecular weight excluding hydrogens is 208 g/mol. The molecule has 0 radical (unpaired) electrons. The van der Waals surface area contributed by atoms with E-state index >= 15 is 0 Å². The van der Waals surface area contributed by atoms with Crippen LogP contribution in [0.2, 0.25) is 0 Å². The molecule has 6 heteroatoms. The molecule has 0 spiro atoms. The van der Waals surface area contributed by atoms with Crippen molar-refractivity contribution in [3.05, 3.63) is 10.4 Å². The van der Waals surface area contributed by atoms with Crippen LogP contribution in [0.15, 0.2) is 5.11 Å². The lowest BCUT2D eigenvalue weighted by Gasteiger charge is -2.22. The van der Waals surface area contributed by atoms with Gasteiger partial charge in [0.2, 0.25) is 0 Å². The zero-order chi connectivity index (χ0) is 12.4. The van der Waals surface area contributed by atoms with Crippen molar-refractivity contribution in [2.45, 2.75) is 33.2 Å². The lowest BCUT2D eigenvalue weighted by atomic mass is 9.99. The van der Waals surface area contributed by atoms with Gasteiger partial charge in [-0.2, -0.15) is 0 Å². The molecule has 6 nitrogen and oxygen atoms in total. The van der Waals surface area contributed by atoms with Crippen molar-refractivity contribution in [3.63, 3.8) is 0 Å². The minimum atomic E-state index is -0.321. The molecule has 0 saturated carbocycles. The first-order valence-corrected chi connectivity index (χ1v) is 5.58. The molecule has 2 unspecified atom stereocenters. The average Bonchev–Trinajstić information content (AvgIpc) is 2.28. The maximum Gasteiger partial charge on any atom is 0.323 e. The molecular formula is C10H20N4O2. The summed E-state index contributed by atoms with van der Waals surface area (Å²) in [6.07, 6.45) is 0.887. The third-order valence-electron chi connectivity index (χ3n) is 2.39. The molecule has 0 saturated heterocycles. The van der Waals surface area contributed by atoms with E-state index in [9.17, 15) is 4.79 Å². The van der Waals surface area contributed by atoms with Crippen molar-refractivity contribution in [2.75, 3.05) is 19.7 Å². The van der Waals surface area contributed by atoms with Gasteiger partial charge >= 0.3 is 5.97 Å². The molecule has 0 aromatic rings. The van der Waals surface area contributed by atoms with Gasteiger partial charge in [-0.05, 0) is 18.4 Å². The van der Waals surface area contributed by atoms with E-state index in [1.807, 2.05) is 13.8 Å². The molecule has 0 amide bonds. The molecule has 1 N–H and O–H groups in total. The second-order valence-corrected chi connectivity index (χ2v) is 3.52. The van der Waals surface area contributed by atoms with E-state index in [1.165, 1.54) is 0 Å². The molecule has 0 aliphatic rings. The Labute approximate surface area is 96.0 Å². The fourth-order valence-electron chi connectivity index (χ4n) is 1.30. The molecule has 0 aliphatic heterocycles. The highest BCUT2D eigenvalue weighted by molar-refractivity contribution is 5.76. The standard InChI is InChI=1S/C10H20N4O2/c1-4-8(3)9(10(15)16-5-2)12-6-7-13-14-11/h8-9,12H,4-7H2,1-3H3. The molecule has 92 valence electrons. The van der Waals surface area contributed by atoms with Gasteiger partial charge in [-0.15, -0.1) is 0 Å². The first-order valence-electron chi connectivity index (χ1n) is 5.58. The summed E-state index contributed by atoms with van der Waals surface area (Å²) in [5, 5.41) is 6.45. The molecule has 2 atom stereocenters. The van der Waals surface area contributed by atoms with E-state index < -0.39 is 0 Å². The van der Waals surface area contributed by atoms with Crippen LogP contribution in [-0.2, 0) is 9.53 Å². The summed E-state index contributed by atoms with van der Waals surface area (Å²) in [6, 6.07) is -0.321. The smallest absolute Gasteiger partial charge is 0.323 e. The Morgan fingerprint density at radius 3 is 2.75 bits per heavy atom. The van der Waals surface area contributed by atoms with Gasteiger partial charge in [0.05, 0.1) is 6.61 Å². The highest BCUT2D eigenvalue weighted by Gasteiger charge is 2.24. The van der Waals surface area contributed by atoms with Crippen LogP contribution in [0, 0.1) is 5.92 Å². The van der Waals surface area contributed by atoms with Crippen LogP contribution in [0.1, 0.15) is 27.2 Å². The lowest BCUT2D eigenvalue weighted by molar-refractivity contribution is -0.147. The Morgan fingerprint density at radius 1 is 1.56 bits per heavy atom. The molecule has 0 aliphatic carbocycles. The largest absolute Gasteiger partial charge is 0.465 e. The molecule has 0 bridgehead atoms. The van der Waals surface area contributed by atoms with Crippen molar-refractivity contribution in [3.8, 4) is 0 Å². The van der Waals surface area contributed by atoms with Crippen LogP contribution in [0.5, 0.6) is 0 Å². The van der Waals surface area contributed by atoms with Crippen molar-refractivity contribution in [2.24, 2.45) is 11.0 Å². The third kappa shape index (κ3) is 5.58. The van der Waals surface area contributed by atoms with Crippen molar-refractivity contribution >= 4 is 5.97 Å². The quantitative estimate of drug-likeness (QED) is 0.226. The Morgan fingerprint density at radius 2 is 2.25 bits per heavy atom. The van der Waals surface area contributed by atoms with Crippen molar-refractivity contribution < 1.29 is 9.53 Å². The predicted octanol–water partition coefficient (Wildman–Crippen LogP) is 1.86. The van der Waals surface area contributed by atoms with E-state index in [2.05, 4.69) is 15.3 Å². The van der Waals surface area contributed by atoms with Crippen LogP contribution in [0.4, 0.5) is 0 Å². The Hall–Kier alpha value is -1.26. The predicted molar refractivity (Wildman–Crippen MR) is 61.9 cm³/mol. The van der Waals surface area contributed by atoms with E-state index in [0.29, 0.717) is 19.7 Å². The first-order chi connectivity index (χ1) is 7.67. The second-order valence-electron chi connectivity index (χ2n) is 3.52. The van der Waals surface area contributed by atoms with E-state index in [0.717, 1.165) is 6.42 Å². The Bertz CT molecular complexity index is 251. The molecule has 0 heterocycles. The SMILES string of the molecule is CCOC(=O)C(NCCN=[N+]=[N-])C(C)CC. The minimum Gasteiger partial charge on any atom is -0.465 e. The number of hydrogen-bond donors (Lipinski definition) is 1. The molecule has 0 rings (SSSR count). The molecule has 0 aromatic carbocycles. The van der Waals surface area contributed by atoms with Gasteiger partial charge in [-0.3, -0.25) is 4.79 Å². The van der Waals surface area contributed by atoms with Crippen LogP contribution >= 0.6 is 0 Å². The fourth-order valence-corrected chi connectivity index (χ4v) is 1.30. The van der Waals surface area contributed by atoms with Gasteiger partial charge in [0, 0.05) is 18.0 Å². The summed E-state index contributed by atoms with van der Waals surface area (Å²) in [4.78, 5) is 14.3. The fraction of sp³-hybridized carbons (Fsp3) is 0.900. The maximum atomic E-state index is 11.6. The second kappa shape index (κ2) is 9.00. The average molecular weight is 228 g/mol. The Kier molecular flexibility index (Phi) is 8.29. The summed E-state index contributed by atoms with van der Waals surface area (Å²) in [5.41, 5.74) is 8.12. The number of esters is 1. The third-order valence-corrected chi connectivity index (χ3v) is 2.39. The highest BCUT2D eigenvalue weighted by Crippen LogP contribution is 2.09. The van der Waals surface area contributed by atoms with Gasteiger partial charge in [0.15, 0.2) is 0 Å². The molecule has 16 heavy (non-hydrogen) atoms. The first kappa shape index (κ1) is 14.7. The number of hydrogen-bond acceptors (Lipinski definition) is 4. The van der Waals surface area contributed by atoms with Gasteiger partial charge in [-0.25, -0.2) is 0 Å². The van der Waals surface area contributed by atoms with Gasteiger partial charge in [0.1, 0.15) is 6.04 Å². The highest BCUT2D eigenvalue weighted by atomic mass is 16.5. The normalized spacial score (nSPS) is 13.7. The molecule has 0 aromatic heterocycles. The van der Waals surface area contributed by atoms with Crippen molar-refractivity contribution in [1.82, 2.24) is 5.32 Å². The van der Waals surface area contributed by atoms with Crippen LogP contribution in [0.3, 0.4) is 0 Å². The number of carbonyl (C=O) groups is 1. The van der Waals surface area contributed by atoms with E-state index in [4.69, 9.17) is 10.3 Å². The van der Waals surface area contributed by atoms with Crippen LogP contribution in [0.25, 0.3) is 10.4 Å². The number of carbonyl (C=O) groups excluding carboxylic acids is 1. The number of ether oxygens (including phenoxy) is 1. The molecule has 0 fully saturated rings. The summed E-state index contributed by atoms with van der Waals surface area (Å²) in [7, 11) is 0. The minimum absolute atomic E-state index is 0.199. The Balaban J connectivity index is 4.19. The lowest BCUT2D eigenvalue weighted by Crippen LogP contribution is -2.43. The van der Waals surface area contributed by atoms with Gasteiger partial charge in [-0.1, -0.05) is 25.4 Å². The summed E-state index contributed by atoms with van der Waals surface area (Å²) >= 11 is 0. The topological polar surface area (TPSA) is 87.1 Å². The number of azide groups is 1.